The number of halogens is 1. The molecule has 1 aliphatic rings. The molecule has 3 rings (SSSR count). The Morgan fingerprint density at radius 1 is 1.17 bits per heavy atom. The largest absolute Gasteiger partial charge is 0.465 e. The van der Waals surface area contributed by atoms with Gasteiger partial charge in [0.25, 0.3) is 0 Å². The third kappa shape index (κ3) is 5.59. The Labute approximate surface area is 182 Å². The average molecular weight is 430 g/mol. The number of ether oxygens (including phenoxy) is 1. The van der Waals surface area contributed by atoms with E-state index in [4.69, 9.17) is 16.3 Å². The van der Waals surface area contributed by atoms with E-state index in [-0.39, 0.29) is 24.0 Å². The molecule has 1 fully saturated rings. The first-order valence-electron chi connectivity index (χ1n) is 10.2. The lowest BCUT2D eigenvalue weighted by molar-refractivity contribution is -0.125. The number of likely N-dealkylation sites (tertiary alicyclic amines) is 1. The van der Waals surface area contributed by atoms with E-state index in [0.29, 0.717) is 30.2 Å². The Morgan fingerprint density at radius 2 is 1.90 bits per heavy atom. The number of nitrogens with zero attached hydrogens (tertiary/aromatic N) is 1. The highest BCUT2D eigenvalue weighted by Crippen LogP contribution is 2.24. The lowest BCUT2D eigenvalue weighted by atomic mass is 10.1. The van der Waals surface area contributed by atoms with Crippen LogP contribution in [0.2, 0.25) is 5.02 Å². The average Bonchev–Trinajstić information content (AvgIpc) is 3.17. The fourth-order valence-corrected chi connectivity index (χ4v) is 3.97. The van der Waals surface area contributed by atoms with Crippen LogP contribution in [-0.2, 0) is 22.6 Å². The normalized spacial score (nSPS) is 18.9. The summed E-state index contributed by atoms with van der Waals surface area (Å²) in [4.78, 5) is 26.4. The maximum atomic E-state index is 12.6. The first kappa shape index (κ1) is 22.3. The third-order valence-electron chi connectivity index (χ3n) is 5.36. The summed E-state index contributed by atoms with van der Waals surface area (Å²) in [5, 5.41) is 7.21. The van der Waals surface area contributed by atoms with Gasteiger partial charge in [0.15, 0.2) is 0 Å². The summed E-state index contributed by atoms with van der Waals surface area (Å²) in [6, 6.07) is 15.1. The number of hydrogen-bond donors (Lipinski definition) is 2. The summed E-state index contributed by atoms with van der Waals surface area (Å²) >= 11 is 6.34. The quantitative estimate of drug-likeness (QED) is 0.631. The van der Waals surface area contributed by atoms with Gasteiger partial charge < -0.3 is 15.4 Å². The van der Waals surface area contributed by atoms with Crippen LogP contribution in [0.25, 0.3) is 0 Å². The van der Waals surface area contributed by atoms with Gasteiger partial charge in [-0.25, -0.2) is 4.79 Å². The standard InChI is InChI=1S/C23H28ClN3O3/c1-3-25-22(28)21-12-19(15-27(21)14-18-6-4-5-7-20(18)24)26-13-16-8-10-17(11-9-16)23(29)30-2/h4-11,19,21,26H,3,12-15H2,1-2H3,(H,25,28)/t19-,21-/m0/s1. The predicted molar refractivity (Wildman–Crippen MR) is 117 cm³/mol. The van der Waals surface area contributed by atoms with Gasteiger partial charge in [-0.05, 0) is 42.7 Å². The van der Waals surface area contributed by atoms with Crippen molar-refractivity contribution < 1.29 is 14.3 Å². The molecule has 6 nitrogen and oxygen atoms in total. The molecule has 1 amide bonds. The van der Waals surface area contributed by atoms with E-state index < -0.39 is 0 Å². The van der Waals surface area contributed by atoms with E-state index >= 15 is 0 Å². The smallest absolute Gasteiger partial charge is 0.337 e. The van der Waals surface area contributed by atoms with Gasteiger partial charge in [-0.3, -0.25) is 9.69 Å². The van der Waals surface area contributed by atoms with Crippen LogP contribution in [0.4, 0.5) is 0 Å². The van der Waals surface area contributed by atoms with Crippen molar-refractivity contribution in [3.05, 3.63) is 70.2 Å². The third-order valence-corrected chi connectivity index (χ3v) is 5.73. The van der Waals surface area contributed by atoms with Gasteiger partial charge >= 0.3 is 5.97 Å². The molecule has 30 heavy (non-hydrogen) atoms. The predicted octanol–water partition coefficient (Wildman–Crippen LogP) is 3.00. The van der Waals surface area contributed by atoms with Crippen molar-refractivity contribution in [1.82, 2.24) is 15.5 Å². The number of hydrogen-bond acceptors (Lipinski definition) is 5. The summed E-state index contributed by atoms with van der Waals surface area (Å²) in [6.07, 6.45) is 0.733. The molecule has 0 bridgehead atoms. The van der Waals surface area contributed by atoms with Crippen molar-refractivity contribution in [2.75, 3.05) is 20.2 Å². The minimum Gasteiger partial charge on any atom is -0.465 e. The van der Waals surface area contributed by atoms with Crippen LogP contribution in [0.15, 0.2) is 48.5 Å². The van der Waals surface area contributed by atoms with Gasteiger partial charge in [0, 0.05) is 37.2 Å². The van der Waals surface area contributed by atoms with Crippen LogP contribution in [0.5, 0.6) is 0 Å². The summed E-state index contributed by atoms with van der Waals surface area (Å²) < 4.78 is 4.73. The maximum absolute atomic E-state index is 12.6. The van der Waals surface area contributed by atoms with Crippen molar-refractivity contribution in [2.45, 2.75) is 38.5 Å². The fourth-order valence-electron chi connectivity index (χ4n) is 3.78. The van der Waals surface area contributed by atoms with Gasteiger partial charge in [0.2, 0.25) is 5.91 Å². The molecule has 1 heterocycles. The molecule has 160 valence electrons. The number of amides is 1. The summed E-state index contributed by atoms with van der Waals surface area (Å²) in [6.45, 7) is 4.59. The van der Waals surface area contributed by atoms with E-state index in [1.54, 1.807) is 12.1 Å². The lowest BCUT2D eigenvalue weighted by Crippen LogP contribution is -2.42. The Kier molecular flexibility index (Phi) is 7.85. The Balaban J connectivity index is 1.63. The minimum absolute atomic E-state index is 0.0521. The molecule has 2 atom stereocenters. The number of likely N-dealkylation sites (N-methyl/N-ethyl adjacent to an activating group) is 1. The van der Waals surface area contributed by atoms with Gasteiger partial charge in [0.05, 0.1) is 18.7 Å². The molecule has 2 aromatic rings. The molecular formula is C23H28ClN3O3. The SMILES string of the molecule is CCNC(=O)[C@@H]1C[C@H](NCc2ccc(C(=O)OC)cc2)CN1Cc1ccccc1Cl. The highest BCUT2D eigenvalue weighted by molar-refractivity contribution is 6.31. The molecule has 2 N–H and O–H groups in total. The van der Waals surface area contributed by atoms with Crippen molar-refractivity contribution >= 4 is 23.5 Å². The van der Waals surface area contributed by atoms with Crippen molar-refractivity contribution in [3.63, 3.8) is 0 Å². The highest BCUT2D eigenvalue weighted by Gasteiger charge is 2.36. The molecule has 0 spiro atoms. The van der Waals surface area contributed by atoms with Crippen molar-refractivity contribution in [2.24, 2.45) is 0 Å². The monoisotopic (exact) mass is 429 g/mol. The number of benzene rings is 2. The molecule has 2 aromatic carbocycles. The molecule has 0 unspecified atom stereocenters. The van der Waals surface area contributed by atoms with E-state index in [9.17, 15) is 9.59 Å². The first-order chi connectivity index (χ1) is 14.5. The summed E-state index contributed by atoms with van der Waals surface area (Å²) in [5.74, 6) is -0.290. The molecule has 0 aromatic heterocycles. The Morgan fingerprint density at radius 3 is 2.57 bits per heavy atom. The Hall–Kier alpha value is -2.41. The zero-order valence-corrected chi connectivity index (χ0v) is 18.1. The van der Waals surface area contributed by atoms with E-state index in [0.717, 1.165) is 24.1 Å². The number of nitrogens with one attached hydrogen (secondary N) is 2. The second-order valence-electron chi connectivity index (χ2n) is 7.43. The lowest BCUT2D eigenvalue weighted by Gasteiger charge is -2.23. The van der Waals surface area contributed by atoms with Crippen LogP contribution in [0.3, 0.4) is 0 Å². The topological polar surface area (TPSA) is 70.7 Å². The number of esters is 1. The number of methoxy groups -OCH3 is 1. The van der Waals surface area contributed by atoms with Gasteiger partial charge in [-0.1, -0.05) is 41.9 Å². The van der Waals surface area contributed by atoms with Crippen LogP contribution in [-0.4, -0.2) is 49.1 Å². The first-order valence-corrected chi connectivity index (χ1v) is 10.6. The molecule has 0 radical (unpaired) electrons. The molecule has 0 saturated carbocycles. The summed E-state index contributed by atoms with van der Waals surface area (Å²) in [5.41, 5.74) is 2.62. The highest BCUT2D eigenvalue weighted by atomic mass is 35.5. The van der Waals surface area contributed by atoms with Crippen LogP contribution in [0, 0.1) is 0 Å². The van der Waals surface area contributed by atoms with Gasteiger partial charge in [0.1, 0.15) is 0 Å². The van der Waals surface area contributed by atoms with E-state index in [1.165, 1.54) is 7.11 Å². The molecular weight excluding hydrogens is 402 g/mol. The maximum Gasteiger partial charge on any atom is 0.337 e. The van der Waals surface area contributed by atoms with Crippen molar-refractivity contribution in [1.29, 1.82) is 0 Å². The molecule has 7 heteroatoms. The van der Waals surface area contributed by atoms with Gasteiger partial charge in [-0.15, -0.1) is 0 Å². The second kappa shape index (κ2) is 10.6. The number of rotatable bonds is 8. The van der Waals surface area contributed by atoms with Crippen molar-refractivity contribution in [3.8, 4) is 0 Å². The Bertz CT molecular complexity index is 872. The molecule has 0 aliphatic carbocycles. The van der Waals surface area contributed by atoms with Crippen LogP contribution < -0.4 is 10.6 Å². The van der Waals surface area contributed by atoms with Crippen LogP contribution in [0.1, 0.15) is 34.8 Å². The second-order valence-corrected chi connectivity index (χ2v) is 7.84. The van der Waals surface area contributed by atoms with E-state index in [1.807, 2.05) is 43.3 Å². The number of carbonyl (C=O) groups excluding carboxylic acids is 2. The minimum atomic E-state index is -0.342. The summed E-state index contributed by atoms with van der Waals surface area (Å²) in [7, 11) is 1.37. The van der Waals surface area contributed by atoms with E-state index in [2.05, 4.69) is 15.5 Å². The zero-order chi connectivity index (χ0) is 21.5. The van der Waals surface area contributed by atoms with Crippen LogP contribution >= 0.6 is 11.6 Å². The zero-order valence-electron chi connectivity index (χ0n) is 17.4. The fraction of sp³-hybridized carbons (Fsp3) is 0.391. The number of carbonyl (C=O) groups is 2. The van der Waals surface area contributed by atoms with Gasteiger partial charge in [-0.2, -0.15) is 0 Å². The molecule has 1 saturated heterocycles. The molecule has 1 aliphatic heterocycles.